The molecule has 0 radical (unpaired) electrons. The maximum absolute atomic E-state index is 11.9. The van der Waals surface area contributed by atoms with E-state index in [9.17, 15) is 21.6 Å². The van der Waals surface area contributed by atoms with Crippen LogP contribution in [0, 0.1) is 0 Å². The second-order valence-electron chi connectivity index (χ2n) is 4.15. The first-order chi connectivity index (χ1) is 8.14. The van der Waals surface area contributed by atoms with Gasteiger partial charge in [-0.25, -0.2) is 16.8 Å². The summed E-state index contributed by atoms with van der Waals surface area (Å²) < 4.78 is 50.2. The van der Waals surface area contributed by atoms with Gasteiger partial charge in [-0.2, -0.15) is 0 Å². The molecule has 108 valence electrons. The number of methoxy groups -OCH3 is 1. The molecule has 18 heavy (non-hydrogen) atoms. The van der Waals surface area contributed by atoms with Gasteiger partial charge in [-0.1, -0.05) is 19.8 Å². The van der Waals surface area contributed by atoms with E-state index in [0.29, 0.717) is 6.42 Å². The lowest BCUT2D eigenvalue weighted by molar-refractivity contribution is -0.140. The van der Waals surface area contributed by atoms with Crippen LogP contribution in [-0.2, 0) is 29.2 Å². The second kappa shape index (κ2) is 7.08. The Hall–Kier alpha value is -0.630. The zero-order valence-electron chi connectivity index (χ0n) is 10.9. The maximum Gasteiger partial charge on any atom is 0.324 e. The molecule has 0 heterocycles. The molecule has 0 saturated heterocycles. The van der Waals surface area contributed by atoms with E-state index < -0.39 is 42.4 Å². The molecule has 8 heteroatoms. The Morgan fingerprint density at radius 3 is 2.11 bits per heavy atom. The molecule has 0 aliphatic heterocycles. The lowest BCUT2D eigenvalue weighted by Crippen LogP contribution is -2.35. The Morgan fingerprint density at radius 2 is 1.72 bits per heavy atom. The van der Waals surface area contributed by atoms with Crippen molar-refractivity contribution >= 4 is 25.6 Å². The molecule has 0 rings (SSSR count). The van der Waals surface area contributed by atoms with Gasteiger partial charge in [-0.3, -0.25) is 4.79 Å². The fourth-order valence-corrected chi connectivity index (χ4v) is 4.71. The smallest absolute Gasteiger partial charge is 0.324 e. The topological polar surface area (TPSA) is 94.6 Å². The number of carbonyl (C=O) groups excluding carboxylic acids is 1. The molecule has 0 saturated carbocycles. The first-order valence-corrected chi connectivity index (χ1v) is 9.38. The van der Waals surface area contributed by atoms with Gasteiger partial charge in [0.1, 0.15) is 9.84 Å². The molecule has 0 bridgehead atoms. The van der Waals surface area contributed by atoms with Crippen LogP contribution in [0.3, 0.4) is 0 Å². The van der Waals surface area contributed by atoms with Gasteiger partial charge in [0.05, 0.1) is 18.6 Å². The van der Waals surface area contributed by atoms with Gasteiger partial charge >= 0.3 is 5.97 Å². The van der Waals surface area contributed by atoms with E-state index in [-0.39, 0.29) is 6.42 Å². The van der Waals surface area contributed by atoms with Crippen molar-refractivity contribution in [3.05, 3.63) is 0 Å². The quantitative estimate of drug-likeness (QED) is 0.593. The molecular weight excluding hydrogens is 280 g/mol. The Labute approximate surface area is 109 Å². The lowest BCUT2D eigenvalue weighted by atomic mass is 10.2. The predicted octanol–water partition coefficient (Wildman–Crippen LogP) is 0.178. The predicted molar refractivity (Wildman–Crippen MR) is 68.8 cm³/mol. The molecule has 0 fully saturated rings. The first kappa shape index (κ1) is 17.4. The van der Waals surface area contributed by atoms with Gasteiger partial charge in [-0.05, 0) is 6.42 Å². The van der Waals surface area contributed by atoms with Crippen LogP contribution in [0.15, 0.2) is 0 Å². The molecule has 0 amide bonds. The van der Waals surface area contributed by atoms with Gasteiger partial charge in [0.25, 0.3) is 0 Å². The molecule has 0 N–H and O–H groups in total. The fourth-order valence-electron chi connectivity index (χ4n) is 1.37. The Morgan fingerprint density at radius 1 is 1.17 bits per heavy atom. The van der Waals surface area contributed by atoms with Crippen LogP contribution in [0.2, 0.25) is 0 Å². The minimum Gasteiger partial charge on any atom is -0.468 e. The van der Waals surface area contributed by atoms with Crippen molar-refractivity contribution in [3.63, 3.8) is 0 Å². The molecule has 1 atom stereocenters. The molecule has 0 aromatic carbocycles. The summed E-state index contributed by atoms with van der Waals surface area (Å²) in [6, 6.07) is 0. The van der Waals surface area contributed by atoms with Crippen molar-refractivity contribution in [1.82, 2.24) is 0 Å². The van der Waals surface area contributed by atoms with E-state index in [4.69, 9.17) is 0 Å². The highest BCUT2D eigenvalue weighted by Gasteiger charge is 2.33. The number of ether oxygens (including phenoxy) is 1. The highest BCUT2D eigenvalue weighted by atomic mass is 32.2. The molecule has 0 aromatic rings. The molecular formula is C10H20O6S2. The summed E-state index contributed by atoms with van der Waals surface area (Å²) in [4.78, 5) is 11.4. The number of hydrogen-bond acceptors (Lipinski definition) is 6. The maximum atomic E-state index is 11.9. The summed E-state index contributed by atoms with van der Waals surface area (Å²) in [5, 5.41) is -1.26. The monoisotopic (exact) mass is 300 g/mol. The minimum atomic E-state index is -3.79. The molecule has 1 unspecified atom stereocenters. The van der Waals surface area contributed by atoms with Crippen molar-refractivity contribution in [3.8, 4) is 0 Å². The number of carbonyl (C=O) groups is 1. The van der Waals surface area contributed by atoms with Gasteiger partial charge in [-0.15, -0.1) is 0 Å². The van der Waals surface area contributed by atoms with Crippen LogP contribution in [0.25, 0.3) is 0 Å². The average Bonchev–Trinajstić information content (AvgIpc) is 2.25. The van der Waals surface area contributed by atoms with Gasteiger partial charge in [0.15, 0.2) is 15.1 Å². The van der Waals surface area contributed by atoms with Crippen molar-refractivity contribution in [2.75, 3.05) is 24.9 Å². The summed E-state index contributed by atoms with van der Waals surface area (Å²) >= 11 is 0. The number of esters is 1. The minimum absolute atomic E-state index is 0.162. The van der Waals surface area contributed by atoms with Crippen molar-refractivity contribution in [1.29, 1.82) is 0 Å². The van der Waals surface area contributed by atoms with Gasteiger partial charge in [0, 0.05) is 6.26 Å². The van der Waals surface area contributed by atoms with E-state index in [0.717, 1.165) is 19.8 Å². The van der Waals surface area contributed by atoms with E-state index in [1.54, 1.807) is 0 Å². The third kappa shape index (κ3) is 6.34. The van der Waals surface area contributed by atoms with Crippen LogP contribution in [-0.4, -0.2) is 52.9 Å². The normalized spacial score (nSPS) is 14.2. The number of sulfone groups is 2. The van der Waals surface area contributed by atoms with Crippen LogP contribution < -0.4 is 0 Å². The fraction of sp³-hybridized carbons (Fsp3) is 0.900. The van der Waals surface area contributed by atoms with E-state index in [1.807, 2.05) is 6.92 Å². The Balaban J connectivity index is 4.91. The van der Waals surface area contributed by atoms with Crippen LogP contribution in [0.5, 0.6) is 0 Å². The largest absolute Gasteiger partial charge is 0.468 e. The Kier molecular flexibility index (Phi) is 6.83. The summed E-state index contributed by atoms with van der Waals surface area (Å²) in [6.45, 7) is 1.87. The summed E-state index contributed by atoms with van der Waals surface area (Å²) in [5.74, 6) is -1.85. The van der Waals surface area contributed by atoms with Crippen molar-refractivity contribution in [2.24, 2.45) is 0 Å². The third-order valence-electron chi connectivity index (χ3n) is 2.46. The highest BCUT2D eigenvalue weighted by Crippen LogP contribution is 2.13. The number of rotatable bonds is 8. The number of hydrogen-bond donors (Lipinski definition) is 0. The van der Waals surface area contributed by atoms with Crippen molar-refractivity contribution in [2.45, 2.75) is 31.4 Å². The molecule has 0 aliphatic rings. The van der Waals surface area contributed by atoms with Gasteiger partial charge in [0.2, 0.25) is 0 Å². The Bertz CT molecular complexity index is 463. The molecule has 0 aromatic heterocycles. The van der Waals surface area contributed by atoms with Crippen LogP contribution in [0.1, 0.15) is 26.2 Å². The van der Waals surface area contributed by atoms with Gasteiger partial charge < -0.3 is 4.74 Å². The van der Waals surface area contributed by atoms with Crippen molar-refractivity contribution < 1.29 is 26.4 Å². The summed E-state index contributed by atoms with van der Waals surface area (Å²) in [5.41, 5.74) is 0. The molecule has 6 nitrogen and oxygen atoms in total. The van der Waals surface area contributed by atoms with E-state index in [1.165, 1.54) is 0 Å². The van der Waals surface area contributed by atoms with E-state index in [2.05, 4.69) is 4.74 Å². The zero-order chi connectivity index (χ0) is 14.4. The summed E-state index contributed by atoms with van der Waals surface area (Å²) in [7, 11) is -6.05. The molecule has 0 aliphatic carbocycles. The average molecular weight is 300 g/mol. The second-order valence-corrected chi connectivity index (χ2v) is 8.71. The third-order valence-corrected chi connectivity index (χ3v) is 5.73. The van der Waals surface area contributed by atoms with Crippen LogP contribution in [0.4, 0.5) is 0 Å². The zero-order valence-corrected chi connectivity index (χ0v) is 12.5. The number of unbranched alkanes of at least 4 members (excludes halogenated alkanes) is 1. The molecule has 0 spiro atoms. The summed E-state index contributed by atoms with van der Waals surface area (Å²) in [6.07, 6.45) is 2.43. The van der Waals surface area contributed by atoms with Crippen LogP contribution >= 0.6 is 0 Å². The lowest BCUT2D eigenvalue weighted by Gasteiger charge is -2.14. The standard InChI is InChI=1S/C10H20O6S2/c1-4-5-6-9(10(11)16-2)18(14,15)8-7-17(3,12)13/h9H,4-8H2,1-3H3. The van der Waals surface area contributed by atoms with E-state index >= 15 is 0 Å². The first-order valence-electron chi connectivity index (χ1n) is 5.61. The SMILES string of the molecule is CCCCC(C(=O)OC)S(=O)(=O)CCS(C)(=O)=O. The highest BCUT2D eigenvalue weighted by molar-refractivity contribution is 7.95.